The van der Waals surface area contributed by atoms with Gasteiger partial charge in [0.05, 0.1) is 10.6 Å². The zero-order valence-corrected chi connectivity index (χ0v) is 18.5. The standard InChI is InChI=1S/C20H23N3O5S2/c1-14-11-15(2)22-20(21-14)29-13-19(25)28-12-18(24)16-5-7-17(8-6-16)30(26,27)23-9-3-4-10-23/h5-8,11H,3-4,9-10,12-13H2,1-2H3. The Labute approximate surface area is 180 Å². The molecular weight excluding hydrogens is 426 g/mol. The van der Waals surface area contributed by atoms with E-state index in [1.165, 1.54) is 28.6 Å². The van der Waals surface area contributed by atoms with E-state index in [4.69, 9.17) is 4.74 Å². The molecular formula is C20H23N3O5S2. The van der Waals surface area contributed by atoms with Crippen molar-refractivity contribution in [2.24, 2.45) is 0 Å². The molecule has 0 radical (unpaired) electrons. The molecule has 0 unspecified atom stereocenters. The number of nitrogens with zero attached hydrogens (tertiary/aromatic N) is 3. The molecule has 1 aromatic carbocycles. The molecule has 1 aliphatic rings. The minimum absolute atomic E-state index is 0.0107. The van der Waals surface area contributed by atoms with E-state index in [1.54, 1.807) is 0 Å². The Balaban J connectivity index is 1.51. The zero-order chi connectivity index (χ0) is 21.7. The highest BCUT2D eigenvalue weighted by molar-refractivity contribution is 7.99. The quantitative estimate of drug-likeness (QED) is 0.262. The molecule has 1 saturated heterocycles. The third-order valence-corrected chi connectivity index (χ3v) is 7.26. The van der Waals surface area contributed by atoms with E-state index in [0.717, 1.165) is 36.0 Å². The van der Waals surface area contributed by atoms with Crippen molar-refractivity contribution in [3.63, 3.8) is 0 Å². The van der Waals surface area contributed by atoms with E-state index < -0.39 is 28.4 Å². The lowest BCUT2D eigenvalue weighted by molar-refractivity contribution is -0.139. The minimum atomic E-state index is -3.52. The Hall–Kier alpha value is -2.30. The van der Waals surface area contributed by atoms with Gasteiger partial charge in [0.25, 0.3) is 0 Å². The second-order valence-electron chi connectivity index (χ2n) is 6.94. The van der Waals surface area contributed by atoms with Crippen LogP contribution in [0.25, 0.3) is 0 Å². The maximum Gasteiger partial charge on any atom is 0.316 e. The minimum Gasteiger partial charge on any atom is -0.457 e. The Morgan fingerprint density at radius 2 is 1.67 bits per heavy atom. The molecule has 0 aliphatic carbocycles. The molecule has 3 rings (SSSR count). The van der Waals surface area contributed by atoms with Gasteiger partial charge in [-0.15, -0.1) is 0 Å². The van der Waals surface area contributed by atoms with Crippen LogP contribution in [-0.2, 0) is 19.6 Å². The lowest BCUT2D eigenvalue weighted by Crippen LogP contribution is -2.27. The fourth-order valence-electron chi connectivity index (χ4n) is 3.04. The summed E-state index contributed by atoms with van der Waals surface area (Å²) in [6.07, 6.45) is 1.71. The average molecular weight is 450 g/mol. The summed E-state index contributed by atoms with van der Waals surface area (Å²) in [5, 5.41) is 0.477. The predicted molar refractivity (Wildman–Crippen MR) is 112 cm³/mol. The molecule has 30 heavy (non-hydrogen) atoms. The highest BCUT2D eigenvalue weighted by Crippen LogP contribution is 2.21. The molecule has 1 aliphatic heterocycles. The number of rotatable bonds is 8. The van der Waals surface area contributed by atoms with Crippen molar-refractivity contribution >= 4 is 33.5 Å². The number of carbonyl (C=O) groups excluding carboxylic acids is 2. The molecule has 1 fully saturated rings. The smallest absolute Gasteiger partial charge is 0.316 e. The third-order valence-electron chi connectivity index (χ3n) is 4.52. The van der Waals surface area contributed by atoms with Crippen LogP contribution in [0.4, 0.5) is 0 Å². The molecule has 0 N–H and O–H groups in total. The topological polar surface area (TPSA) is 107 Å². The number of ketones is 1. The number of thioether (sulfide) groups is 1. The van der Waals surface area contributed by atoms with Gasteiger partial charge in [0.2, 0.25) is 10.0 Å². The van der Waals surface area contributed by atoms with Gasteiger partial charge < -0.3 is 4.74 Å². The van der Waals surface area contributed by atoms with Gasteiger partial charge in [-0.25, -0.2) is 18.4 Å². The molecule has 160 valence electrons. The molecule has 0 bridgehead atoms. The summed E-state index contributed by atoms with van der Waals surface area (Å²) in [5.41, 5.74) is 1.90. The van der Waals surface area contributed by atoms with Crippen LogP contribution in [0.1, 0.15) is 34.6 Å². The first-order valence-electron chi connectivity index (χ1n) is 9.50. The molecule has 1 aromatic heterocycles. The fraction of sp³-hybridized carbons (Fsp3) is 0.400. The number of sulfonamides is 1. The summed E-state index contributed by atoms with van der Waals surface area (Å²) in [6, 6.07) is 7.54. The van der Waals surface area contributed by atoms with Gasteiger partial charge >= 0.3 is 5.97 Å². The van der Waals surface area contributed by atoms with E-state index in [1.807, 2.05) is 19.9 Å². The second-order valence-corrected chi connectivity index (χ2v) is 9.82. The molecule has 10 heteroatoms. The maximum absolute atomic E-state index is 12.5. The van der Waals surface area contributed by atoms with Crippen LogP contribution in [0.5, 0.6) is 0 Å². The number of carbonyl (C=O) groups is 2. The van der Waals surface area contributed by atoms with Crippen molar-refractivity contribution in [1.82, 2.24) is 14.3 Å². The van der Waals surface area contributed by atoms with Crippen molar-refractivity contribution in [2.75, 3.05) is 25.4 Å². The molecule has 0 saturated carbocycles. The summed E-state index contributed by atoms with van der Waals surface area (Å²) >= 11 is 1.14. The number of esters is 1. The Bertz CT molecular complexity index is 1010. The van der Waals surface area contributed by atoms with Gasteiger partial charge in [-0.2, -0.15) is 4.31 Å². The molecule has 2 heterocycles. The third kappa shape index (κ3) is 5.65. The van der Waals surface area contributed by atoms with E-state index in [-0.39, 0.29) is 16.2 Å². The Kier molecular flexibility index (Phi) is 7.22. The summed E-state index contributed by atoms with van der Waals surface area (Å²) < 4.78 is 31.5. The SMILES string of the molecule is Cc1cc(C)nc(SCC(=O)OCC(=O)c2ccc(S(=O)(=O)N3CCCC3)cc2)n1. The maximum atomic E-state index is 12.5. The summed E-state index contributed by atoms with van der Waals surface area (Å²) in [5.74, 6) is -0.964. The number of hydrogen-bond donors (Lipinski definition) is 0. The first kappa shape index (κ1) is 22.4. The average Bonchev–Trinajstić information content (AvgIpc) is 3.25. The monoisotopic (exact) mass is 449 g/mol. The van der Waals surface area contributed by atoms with Crippen LogP contribution in [0.3, 0.4) is 0 Å². The van der Waals surface area contributed by atoms with Gasteiger partial charge in [-0.05, 0) is 57.0 Å². The van der Waals surface area contributed by atoms with Crippen molar-refractivity contribution in [3.05, 3.63) is 47.3 Å². The van der Waals surface area contributed by atoms with Gasteiger partial charge in [-0.3, -0.25) is 9.59 Å². The molecule has 0 spiro atoms. The van der Waals surface area contributed by atoms with Crippen LogP contribution < -0.4 is 0 Å². The number of aryl methyl sites for hydroxylation is 2. The first-order valence-corrected chi connectivity index (χ1v) is 11.9. The molecule has 0 atom stereocenters. The van der Waals surface area contributed by atoms with Crippen LogP contribution in [0, 0.1) is 13.8 Å². The summed E-state index contributed by atoms with van der Waals surface area (Å²) in [6.45, 7) is 4.31. The van der Waals surface area contributed by atoms with Gasteiger partial charge in [-0.1, -0.05) is 11.8 Å². The normalized spacial score (nSPS) is 14.6. The zero-order valence-electron chi connectivity index (χ0n) is 16.8. The number of benzene rings is 1. The lowest BCUT2D eigenvalue weighted by atomic mass is 10.1. The van der Waals surface area contributed by atoms with Crippen LogP contribution >= 0.6 is 11.8 Å². The van der Waals surface area contributed by atoms with Crippen molar-refractivity contribution < 1.29 is 22.7 Å². The van der Waals surface area contributed by atoms with Crippen LogP contribution in [0.15, 0.2) is 40.4 Å². The number of Topliss-reactive ketones (excluding diaryl/α,β-unsaturated/α-hetero) is 1. The van der Waals surface area contributed by atoms with E-state index in [0.29, 0.717) is 18.2 Å². The number of aromatic nitrogens is 2. The van der Waals surface area contributed by atoms with Crippen molar-refractivity contribution in [1.29, 1.82) is 0 Å². The number of ether oxygens (including phenoxy) is 1. The van der Waals surface area contributed by atoms with Gasteiger partial charge in [0.1, 0.15) is 0 Å². The Morgan fingerprint density at radius 1 is 1.07 bits per heavy atom. The van der Waals surface area contributed by atoms with E-state index in [2.05, 4.69) is 9.97 Å². The van der Waals surface area contributed by atoms with Gasteiger partial charge in [0.15, 0.2) is 17.5 Å². The molecule has 0 amide bonds. The highest BCUT2D eigenvalue weighted by Gasteiger charge is 2.27. The fourth-order valence-corrected chi connectivity index (χ4v) is 5.31. The van der Waals surface area contributed by atoms with Crippen molar-refractivity contribution in [2.45, 2.75) is 36.7 Å². The van der Waals surface area contributed by atoms with E-state index in [9.17, 15) is 18.0 Å². The van der Waals surface area contributed by atoms with Crippen LogP contribution in [-0.4, -0.2) is 59.9 Å². The summed E-state index contributed by atoms with van der Waals surface area (Å²) in [7, 11) is -3.52. The molecule has 2 aromatic rings. The van der Waals surface area contributed by atoms with Crippen molar-refractivity contribution in [3.8, 4) is 0 Å². The first-order chi connectivity index (χ1) is 14.3. The lowest BCUT2D eigenvalue weighted by Gasteiger charge is -2.15. The largest absolute Gasteiger partial charge is 0.457 e. The van der Waals surface area contributed by atoms with Gasteiger partial charge in [0, 0.05) is 30.0 Å². The van der Waals surface area contributed by atoms with Crippen LogP contribution in [0.2, 0.25) is 0 Å². The molecule has 8 nitrogen and oxygen atoms in total. The number of hydrogen-bond acceptors (Lipinski definition) is 8. The second kappa shape index (κ2) is 9.67. The summed E-state index contributed by atoms with van der Waals surface area (Å²) in [4.78, 5) is 32.8. The predicted octanol–water partition coefficient (Wildman–Crippen LogP) is 2.40. The highest BCUT2D eigenvalue weighted by atomic mass is 32.2. The Morgan fingerprint density at radius 3 is 2.27 bits per heavy atom. The van der Waals surface area contributed by atoms with E-state index >= 15 is 0 Å².